The Morgan fingerprint density at radius 3 is 2.90 bits per heavy atom. The van der Waals surface area contributed by atoms with Gasteiger partial charge >= 0.3 is 0 Å². The minimum Gasteiger partial charge on any atom is -0.491 e. The third-order valence-corrected chi connectivity index (χ3v) is 3.68. The molecule has 1 fully saturated rings. The average molecular weight is 290 g/mol. The summed E-state index contributed by atoms with van der Waals surface area (Å²) in [6, 6.07) is 8.53. The van der Waals surface area contributed by atoms with Crippen molar-refractivity contribution in [1.82, 2.24) is 10.6 Å². The van der Waals surface area contributed by atoms with Gasteiger partial charge in [-0.3, -0.25) is 4.79 Å². The molecule has 1 aromatic carbocycles. The normalized spacial score (nSPS) is 22.1. The molecule has 0 saturated carbocycles. The fourth-order valence-corrected chi connectivity index (χ4v) is 2.73. The first-order chi connectivity index (χ1) is 10.0. The summed E-state index contributed by atoms with van der Waals surface area (Å²) in [4.78, 5) is 12.2. The van der Waals surface area contributed by atoms with E-state index >= 15 is 0 Å². The van der Waals surface area contributed by atoms with Crippen molar-refractivity contribution in [1.29, 1.82) is 0 Å². The molecule has 0 radical (unpaired) electrons. The number of piperidine rings is 1. The van der Waals surface area contributed by atoms with Gasteiger partial charge in [-0.15, -0.1) is 0 Å². The third kappa shape index (κ3) is 5.05. The summed E-state index contributed by atoms with van der Waals surface area (Å²) < 4.78 is 5.76. The molecule has 116 valence electrons. The van der Waals surface area contributed by atoms with E-state index in [-0.39, 0.29) is 18.1 Å². The molecule has 2 atom stereocenters. The molecule has 21 heavy (non-hydrogen) atoms. The number of nitrogens with one attached hydrogen (secondary N) is 2. The van der Waals surface area contributed by atoms with Crippen molar-refractivity contribution in [3.05, 3.63) is 29.8 Å². The van der Waals surface area contributed by atoms with Crippen LogP contribution in [0.2, 0.25) is 0 Å². The number of ether oxygens (including phenoxy) is 1. The second-order valence-electron chi connectivity index (χ2n) is 6.10. The molecule has 1 saturated heterocycles. The maximum atomic E-state index is 12.2. The van der Waals surface area contributed by atoms with Gasteiger partial charge in [-0.2, -0.15) is 0 Å². The van der Waals surface area contributed by atoms with Crippen LogP contribution in [0.4, 0.5) is 0 Å². The second kappa shape index (κ2) is 7.46. The Morgan fingerprint density at radius 2 is 2.19 bits per heavy atom. The molecule has 1 heterocycles. The Balaban J connectivity index is 1.93. The molecule has 0 spiro atoms. The third-order valence-electron chi connectivity index (χ3n) is 3.68. The summed E-state index contributed by atoms with van der Waals surface area (Å²) in [6.45, 7) is 7.11. The lowest BCUT2D eigenvalue weighted by Crippen LogP contribution is -2.47. The first-order valence-corrected chi connectivity index (χ1v) is 7.82. The van der Waals surface area contributed by atoms with Crippen LogP contribution in [-0.4, -0.2) is 30.6 Å². The lowest BCUT2D eigenvalue weighted by Gasteiger charge is -2.28. The van der Waals surface area contributed by atoms with Gasteiger partial charge in [0, 0.05) is 17.6 Å². The van der Waals surface area contributed by atoms with Gasteiger partial charge in [0.05, 0.1) is 12.5 Å². The van der Waals surface area contributed by atoms with Crippen molar-refractivity contribution < 1.29 is 9.53 Å². The molecular weight excluding hydrogens is 264 g/mol. The maximum absolute atomic E-state index is 12.2. The van der Waals surface area contributed by atoms with Gasteiger partial charge in [0.15, 0.2) is 0 Å². The predicted octanol–water partition coefficient (Wildman–Crippen LogP) is 2.27. The van der Waals surface area contributed by atoms with Crippen LogP contribution in [0.3, 0.4) is 0 Å². The van der Waals surface area contributed by atoms with E-state index < -0.39 is 0 Å². The average Bonchev–Trinajstić information content (AvgIpc) is 2.40. The highest BCUT2D eigenvalue weighted by Gasteiger charge is 2.20. The zero-order chi connectivity index (χ0) is 15.2. The molecular formula is C17H26N2O2. The molecule has 4 nitrogen and oxygen atoms in total. The highest BCUT2D eigenvalue weighted by Crippen LogP contribution is 2.20. The summed E-state index contributed by atoms with van der Waals surface area (Å²) in [5, 5.41) is 6.54. The Hall–Kier alpha value is -1.55. The largest absolute Gasteiger partial charge is 0.491 e. The van der Waals surface area contributed by atoms with Crippen molar-refractivity contribution in [2.24, 2.45) is 0 Å². The molecule has 1 amide bonds. The van der Waals surface area contributed by atoms with E-state index in [2.05, 4.69) is 17.6 Å². The van der Waals surface area contributed by atoms with Crippen LogP contribution in [0.25, 0.3) is 0 Å². The Kier molecular flexibility index (Phi) is 5.62. The quantitative estimate of drug-likeness (QED) is 0.874. The topological polar surface area (TPSA) is 50.4 Å². The number of amides is 1. The molecule has 1 aliphatic rings. The number of carbonyl (C=O) groups excluding carboxylic acids is 1. The molecule has 1 aromatic rings. The van der Waals surface area contributed by atoms with E-state index in [0.717, 1.165) is 30.7 Å². The monoisotopic (exact) mass is 290 g/mol. The van der Waals surface area contributed by atoms with Crippen LogP contribution in [0.15, 0.2) is 24.3 Å². The molecule has 0 aromatic heterocycles. The number of rotatable bonds is 5. The van der Waals surface area contributed by atoms with Gasteiger partial charge in [-0.05, 0) is 46.2 Å². The van der Waals surface area contributed by atoms with Gasteiger partial charge in [0.2, 0.25) is 5.91 Å². The smallest absolute Gasteiger partial charge is 0.224 e. The molecule has 2 rings (SSSR count). The van der Waals surface area contributed by atoms with Crippen molar-refractivity contribution in [3.8, 4) is 5.75 Å². The van der Waals surface area contributed by atoms with E-state index in [4.69, 9.17) is 4.74 Å². The number of hydrogen-bond acceptors (Lipinski definition) is 3. The zero-order valence-corrected chi connectivity index (χ0v) is 13.2. The van der Waals surface area contributed by atoms with Crippen LogP contribution < -0.4 is 15.4 Å². The van der Waals surface area contributed by atoms with Crippen molar-refractivity contribution in [2.75, 3.05) is 6.54 Å². The summed E-state index contributed by atoms with van der Waals surface area (Å²) >= 11 is 0. The highest BCUT2D eigenvalue weighted by atomic mass is 16.5. The highest BCUT2D eigenvalue weighted by molar-refractivity contribution is 5.79. The van der Waals surface area contributed by atoms with Gasteiger partial charge in [-0.1, -0.05) is 18.2 Å². The van der Waals surface area contributed by atoms with Crippen LogP contribution in [0.5, 0.6) is 5.75 Å². The number of hydrogen-bond donors (Lipinski definition) is 2. The Bertz CT molecular complexity index is 474. The van der Waals surface area contributed by atoms with E-state index in [1.807, 2.05) is 38.1 Å². The van der Waals surface area contributed by atoms with E-state index in [0.29, 0.717) is 12.5 Å². The molecule has 4 heteroatoms. The summed E-state index contributed by atoms with van der Waals surface area (Å²) in [5.74, 6) is 0.884. The molecule has 2 N–H and O–H groups in total. The first kappa shape index (κ1) is 15.8. The predicted molar refractivity (Wildman–Crippen MR) is 84.5 cm³/mol. The maximum Gasteiger partial charge on any atom is 0.224 e. The van der Waals surface area contributed by atoms with Crippen LogP contribution in [0.1, 0.15) is 39.2 Å². The van der Waals surface area contributed by atoms with Gasteiger partial charge in [-0.25, -0.2) is 0 Å². The van der Waals surface area contributed by atoms with E-state index in [9.17, 15) is 4.79 Å². The van der Waals surface area contributed by atoms with E-state index in [1.165, 1.54) is 0 Å². The number of carbonyl (C=O) groups is 1. The SMILES string of the molecule is CC1CC(NC(=O)Cc2ccccc2OC(C)C)CCN1. The number of para-hydroxylation sites is 1. The number of benzene rings is 1. The fraction of sp³-hybridized carbons (Fsp3) is 0.588. The first-order valence-electron chi connectivity index (χ1n) is 7.82. The van der Waals surface area contributed by atoms with Gasteiger partial charge in [0.25, 0.3) is 0 Å². The standard InChI is InChI=1S/C17H26N2O2/c1-12(2)21-16-7-5-4-6-14(16)11-17(20)19-15-8-9-18-13(3)10-15/h4-7,12-13,15,18H,8-11H2,1-3H3,(H,19,20). The Morgan fingerprint density at radius 1 is 1.43 bits per heavy atom. The van der Waals surface area contributed by atoms with E-state index in [1.54, 1.807) is 0 Å². The molecule has 1 aliphatic heterocycles. The fourth-order valence-electron chi connectivity index (χ4n) is 2.73. The Labute approximate surface area is 127 Å². The van der Waals surface area contributed by atoms with Crippen molar-refractivity contribution >= 4 is 5.91 Å². The summed E-state index contributed by atoms with van der Waals surface area (Å²) in [6.07, 6.45) is 2.48. The zero-order valence-electron chi connectivity index (χ0n) is 13.2. The van der Waals surface area contributed by atoms with Crippen molar-refractivity contribution in [3.63, 3.8) is 0 Å². The second-order valence-corrected chi connectivity index (χ2v) is 6.10. The van der Waals surface area contributed by atoms with Crippen LogP contribution >= 0.6 is 0 Å². The summed E-state index contributed by atoms with van der Waals surface area (Å²) in [5.41, 5.74) is 0.950. The molecule has 0 bridgehead atoms. The minimum atomic E-state index is 0.0777. The molecule has 2 unspecified atom stereocenters. The lowest BCUT2D eigenvalue weighted by molar-refractivity contribution is -0.121. The van der Waals surface area contributed by atoms with Gasteiger partial charge < -0.3 is 15.4 Å². The van der Waals surface area contributed by atoms with Crippen LogP contribution in [0, 0.1) is 0 Å². The summed E-state index contributed by atoms with van der Waals surface area (Å²) in [7, 11) is 0. The lowest BCUT2D eigenvalue weighted by atomic mass is 10.00. The minimum absolute atomic E-state index is 0.0777. The van der Waals surface area contributed by atoms with Crippen molar-refractivity contribution in [2.45, 2.75) is 58.2 Å². The van der Waals surface area contributed by atoms with Gasteiger partial charge in [0.1, 0.15) is 5.75 Å². The van der Waals surface area contributed by atoms with Crippen LogP contribution in [-0.2, 0) is 11.2 Å². The molecule has 0 aliphatic carbocycles.